The van der Waals surface area contributed by atoms with Gasteiger partial charge in [0.1, 0.15) is 11.1 Å². The molecule has 2 aromatic rings. The van der Waals surface area contributed by atoms with Crippen LogP contribution in [-0.2, 0) is 26.4 Å². The van der Waals surface area contributed by atoms with E-state index in [1.807, 2.05) is 44.2 Å². The van der Waals surface area contributed by atoms with Gasteiger partial charge in [0, 0.05) is 0 Å². The number of guanidine groups is 1. The van der Waals surface area contributed by atoms with E-state index in [9.17, 15) is 14.4 Å². The monoisotopic (exact) mass is 479 g/mol. The van der Waals surface area contributed by atoms with Crippen molar-refractivity contribution >= 4 is 23.9 Å². The Balaban J connectivity index is 2.08. The Morgan fingerprint density at radius 2 is 1.77 bits per heavy atom. The Bertz CT molecular complexity index is 1120. The largest absolute Gasteiger partial charge is 0.465 e. The Labute approximate surface area is 206 Å². The molecule has 1 N–H and O–H groups in total. The van der Waals surface area contributed by atoms with Crippen LogP contribution in [0.4, 0.5) is 4.79 Å². The number of benzene rings is 2. The van der Waals surface area contributed by atoms with Crippen LogP contribution in [0, 0.1) is 5.92 Å². The number of carbonyl (C=O) groups is 3. The van der Waals surface area contributed by atoms with Gasteiger partial charge in [-0.1, -0.05) is 56.3 Å². The SMILES string of the molecule is COC(=O)c1cccc(CN2C(=O)C(CC(C)C)(c3ccccc3)NC2=NC(=O)OC(C)(C)C)c1. The first kappa shape index (κ1) is 25.9. The van der Waals surface area contributed by atoms with Crippen molar-refractivity contribution in [1.29, 1.82) is 0 Å². The maximum Gasteiger partial charge on any atom is 0.437 e. The Morgan fingerprint density at radius 3 is 2.37 bits per heavy atom. The summed E-state index contributed by atoms with van der Waals surface area (Å²) in [5, 5.41) is 3.27. The van der Waals surface area contributed by atoms with E-state index in [0.29, 0.717) is 17.5 Å². The van der Waals surface area contributed by atoms with E-state index in [1.54, 1.807) is 45.0 Å². The highest BCUT2D eigenvalue weighted by atomic mass is 16.6. The topological polar surface area (TPSA) is 97.3 Å². The zero-order valence-electron chi connectivity index (χ0n) is 21.1. The van der Waals surface area contributed by atoms with Crippen molar-refractivity contribution < 1.29 is 23.9 Å². The maximum atomic E-state index is 14.1. The Kier molecular flexibility index (Phi) is 7.63. The predicted molar refractivity (Wildman–Crippen MR) is 133 cm³/mol. The molecular weight excluding hydrogens is 446 g/mol. The minimum atomic E-state index is -1.10. The maximum absolute atomic E-state index is 14.1. The number of ether oxygens (including phenoxy) is 2. The molecule has 1 atom stereocenters. The summed E-state index contributed by atoms with van der Waals surface area (Å²) in [5.74, 6) is -0.434. The molecule has 1 aliphatic rings. The molecule has 0 aliphatic carbocycles. The lowest BCUT2D eigenvalue weighted by atomic mass is 9.82. The summed E-state index contributed by atoms with van der Waals surface area (Å²) in [6.45, 7) is 9.43. The molecule has 8 nitrogen and oxygen atoms in total. The molecule has 2 aromatic carbocycles. The van der Waals surface area contributed by atoms with Crippen molar-refractivity contribution in [3.8, 4) is 0 Å². The third-order valence-corrected chi connectivity index (χ3v) is 5.45. The Hall–Kier alpha value is -3.68. The van der Waals surface area contributed by atoms with Crippen molar-refractivity contribution in [2.24, 2.45) is 10.9 Å². The van der Waals surface area contributed by atoms with Crippen LogP contribution in [0.3, 0.4) is 0 Å². The fourth-order valence-electron chi connectivity index (χ4n) is 4.13. The molecule has 0 aromatic heterocycles. The number of hydrogen-bond donors (Lipinski definition) is 1. The average Bonchev–Trinajstić information content (AvgIpc) is 3.03. The smallest absolute Gasteiger partial charge is 0.437 e. The molecule has 186 valence electrons. The van der Waals surface area contributed by atoms with Gasteiger partial charge < -0.3 is 14.8 Å². The fraction of sp³-hybridized carbons (Fsp3) is 0.407. The quantitative estimate of drug-likeness (QED) is 0.607. The third-order valence-electron chi connectivity index (χ3n) is 5.45. The van der Waals surface area contributed by atoms with Gasteiger partial charge in [0.15, 0.2) is 0 Å². The van der Waals surface area contributed by atoms with E-state index < -0.39 is 23.2 Å². The van der Waals surface area contributed by atoms with Gasteiger partial charge in [0.05, 0.1) is 19.2 Å². The van der Waals surface area contributed by atoms with E-state index in [4.69, 9.17) is 9.47 Å². The molecule has 2 amide bonds. The highest BCUT2D eigenvalue weighted by molar-refractivity contribution is 6.11. The van der Waals surface area contributed by atoms with Crippen molar-refractivity contribution in [1.82, 2.24) is 10.2 Å². The van der Waals surface area contributed by atoms with E-state index >= 15 is 0 Å². The highest BCUT2D eigenvalue weighted by Crippen LogP contribution is 2.36. The molecule has 8 heteroatoms. The zero-order chi connectivity index (χ0) is 25.8. The number of rotatable bonds is 6. The predicted octanol–water partition coefficient (Wildman–Crippen LogP) is 4.64. The molecule has 1 aliphatic heterocycles. The van der Waals surface area contributed by atoms with Crippen molar-refractivity contribution in [2.75, 3.05) is 7.11 Å². The van der Waals surface area contributed by atoms with Crippen molar-refractivity contribution in [3.63, 3.8) is 0 Å². The van der Waals surface area contributed by atoms with Gasteiger partial charge in [-0.15, -0.1) is 4.99 Å². The lowest BCUT2D eigenvalue weighted by molar-refractivity contribution is -0.132. The van der Waals surface area contributed by atoms with Gasteiger partial charge in [-0.2, -0.15) is 0 Å². The molecule has 1 fully saturated rings. The van der Waals surface area contributed by atoms with Crippen LogP contribution in [0.5, 0.6) is 0 Å². The molecule has 35 heavy (non-hydrogen) atoms. The number of esters is 1. The van der Waals surface area contributed by atoms with Gasteiger partial charge in [-0.3, -0.25) is 9.69 Å². The fourth-order valence-corrected chi connectivity index (χ4v) is 4.13. The second-order valence-electron chi connectivity index (χ2n) is 9.99. The molecular formula is C27H33N3O5. The van der Waals surface area contributed by atoms with Crippen LogP contribution < -0.4 is 5.32 Å². The van der Waals surface area contributed by atoms with Gasteiger partial charge >= 0.3 is 12.1 Å². The number of methoxy groups -OCH3 is 1. The van der Waals surface area contributed by atoms with Crippen LogP contribution in [0.1, 0.15) is 62.5 Å². The molecule has 0 spiro atoms. The second-order valence-corrected chi connectivity index (χ2v) is 9.99. The van der Waals surface area contributed by atoms with Gasteiger partial charge in [0.25, 0.3) is 5.91 Å². The molecule has 3 rings (SSSR count). The lowest BCUT2D eigenvalue weighted by Gasteiger charge is -2.29. The van der Waals surface area contributed by atoms with E-state index in [1.165, 1.54) is 12.0 Å². The molecule has 0 bridgehead atoms. The van der Waals surface area contributed by atoms with Crippen LogP contribution >= 0.6 is 0 Å². The minimum absolute atomic E-state index is 0.102. The Morgan fingerprint density at radius 1 is 1.09 bits per heavy atom. The summed E-state index contributed by atoms with van der Waals surface area (Å²) in [7, 11) is 1.31. The number of hydrogen-bond acceptors (Lipinski definition) is 5. The average molecular weight is 480 g/mol. The van der Waals surface area contributed by atoms with Gasteiger partial charge in [-0.25, -0.2) is 9.59 Å². The standard InChI is InChI=1S/C27H33N3O5/c1-18(2)16-27(21-13-8-7-9-14-21)23(32)30(24(29-27)28-25(33)35-26(3,4)5)17-19-11-10-12-20(15-19)22(31)34-6/h7-15,18H,16-17H2,1-6H3,(H,28,29,33). The normalized spacial score (nSPS) is 19.1. The van der Waals surface area contributed by atoms with Crippen LogP contribution in [0.25, 0.3) is 0 Å². The number of nitrogens with zero attached hydrogens (tertiary/aromatic N) is 2. The van der Waals surface area contributed by atoms with Crippen LogP contribution in [-0.4, -0.2) is 41.5 Å². The summed E-state index contributed by atoms with van der Waals surface area (Å²) in [6, 6.07) is 16.2. The van der Waals surface area contributed by atoms with Crippen LogP contribution in [0.15, 0.2) is 59.6 Å². The zero-order valence-corrected chi connectivity index (χ0v) is 21.1. The summed E-state index contributed by atoms with van der Waals surface area (Å²) >= 11 is 0. The number of aliphatic imine (C=N–C) groups is 1. The van der Waals surface area contributed by atoms with E-state index in [-0.39, 0.29) is 24.3 Å². The molecule has 1 heterocycles. The summed E-state index contributed by atoms with van der Waals surface area (Å²) in [6.07, 6.45) is -0.309. The minimum Gasteiger partial charge on any atom is -0.465 e. The summed E-state index contributed by atoms with van der Waals surface area (Å²) in [4.78, 5) is 44.3. The molecule has 0 saturated carbocycles. The lowest BCUT2D eigenvalue weighted by Crippen LogP contribution is -2.45. The third kappa shape index (κ3) is 6.07. The summed E-state index contributed by atoms with van der Waals surface area (Å²) in [5.41, 5.74) is -0.00446. The van der Waals surface area contributed by atoms with Crippen molar-refractivity contribution in [3.05, 3.63) is 71.3 Å². The van der Waals surface area contributed by atoms with E-state index in [0.717, 1.165) is 5.56 Å². The molecule has 0 radical (unpaired) electrons. The number of amides is 2. The first-order chi connectivity index (χ1) is 16.4. The van der Waals surface area contributed by atoms with Crippen molar-refractivity contribution in [2.45, 2.75) is 58.7 Å². The van der Waals surface area contributed by atoms with Gasteiger partial charge in [0.2, 0.25) is 5.96 Å². The summed E-state index contributed by atoms with van der Waals surface area (Å²) < 4.78 is 10.2. The molecule has 1 saturated heterocycles. The second kappa shape index (κ2) is 10.3. The molecule has 1 unspecified atom stereocenters. The van der Waals surface area contributed by atoms with E-state index in [2.05, 4.69) is 10.3 Å². The highest BCUT2D eigenvalue weighted by Gasteiger charge is 2.51. The first-order valence-electron chi connectivity index (χ1n) is 11.6. The first-order valence-corrected chi connectivity index (χ1v) is 11.6. The number of carbonyl (C=O) groups excluding carboxylic acids is 3. The number of nitrogens with one attached hydrogen (secondary N) is 1. The van der Waals surface area contributed by atoms with Crippen LogP contribution in [0.2, 0.25) is 0 Å². The van der Waals surface area contributed by atoms with Gasteiger partial charge in [-0.05, 0) is 56.4 Å².